The molecule has 1 aromatic rings. The standard InChI is InChI=1S/C17H19N3O5/c1-2-7-18-15(21)6-4-12-16(22)20(17(23)19-12)9-11-3-5-13-14(8-11)25-10-24-13/h2-3,5,8,12H,1,4,6-7,9-10H2,(H,18,21)(H,19,23)/t12-/m0/s1. The monoisotopic (exact) mass is 345 g/mol. The lowest BCUT2D eigenvalue weighted by Gasteiger charge is -2.13. The fourth-order valence-electron chi connectivity index (χ4n) is 2.69. The third-order valence-electron chi connectivity index (χ3n) is 3.99. The number of carbonyl (C=O) groups excluding carboxylic acids is 3. The van der Waals surface area contributed by atoms with Crippen LogP contribution in [0.25, 0.3) is 0 Å². The molecule has 25 heavy (non-hydrogen) atoms. The van der Waals surface area contributed by atoms with Crippen molar-refractivity contribution in [2.24, 2.45) is 0 Å². The van der Waals surface area contributed by atoms with Gasteiger partial charge in [-0.25, -0.2) is 4.79 Å². The highest BCUT2D eigenvalue weighted by Gasteiger charge is 2.37. The first kappa shape index (κ1) is 16.8. The predicted molar refractivity (Wildman–Crippen MR) is 87.9 cm³/mol. The zero-order valence-electron chi connectivity index (χ0n) is 13.6. The summed E-state index contributed by atoms with van der Waals surface area (Å²) in [5, 5.41) is 5.26. The van der Waals surface area contributed by atoms with Crippen LogP contribution >= 0.6 is 0 Å². The van der Waals surface area contributed by atoms with E-state index >= 15 is 0 Å². The van der Waals surface area contributed by atoms with Crippen molar-refractivity contribution in [2.45, 2.75) is 25.4 Å². The van der Waals surface area contributed by atoms with Crippen LogP contribution in [-0.4, -0.2) is 42.1 Å². The van der Waals surface area contributed by atoms with Crippen molar-refractivity contribution in [1.29, 1.82) is 0 Å². The van der Waals surface area contributed by atoms with Crippen LogP contribution in [0, 0.1) is 0 Å². The van der Waals surface area contributed by atoms with E-state index in [1.54, 1.807) is 24.3 Å². The van der Waals surface area contributed by atoms with E-state index < -0.39 is 12.1 Å². The van der Waals surface area contributed by atoms with Gasteiger partial charge in [0, 0.05) is 13.0 Å². The molecule has 0 saturated carbocycles. The number of nitrogens with one attached hydrogen (secondary N) is 2. The average molecular weight is 345 g/mol. The molecule has 8 nitrogen and oxygen atoms in total. The highest BCUT2D eigenvalue weighted by molar-refractivity contribution is 6.04. The number of ether oxygens (including phenoxy) is 2. The maximum Gasteiger partial charge on any atom is 0.325 e. The Labute approximate surface area is 144 Å². The number of hydrogen-bond acceptors (Lipinski definition) is 5. The lowest BCUT2D eigenvalue weighted by molar-refractivity contribution is -0.128. The first-order valence-electron chi connectivity index (χ1n) is 7.96. The Morgan fingerprint density at radius 3 is 2.96 bits per heavy atom. The van der Waals surface area contributed by atoms with Gasteiger partial charge in [-0.1, -0.05) is 12.1 Å². The van der Waals surface area contributed by atoms with Gasteiger partial charge in [0.05, 0.1) is 6.54 Å². The predicted octanol–water partition coefficient (Wildman–Crippen LogP) is 0.918. The summed E-state index contributed by atoms with van der Waals surface area (Å²) < 4.78 is 10.5. The van der Waals surface area contributed by atoms with Gasteiger partial charge in [-0.05, 0) is 24.1 Å². The van der Waals surface area contributed by atoms with E-state index in [0.717, 1.165) is 10.5 Å². The molecule has 3 rings (SSSR count). The van der Waals surface area contributed by atoms with Crippen LogP contribution < -0.4 is 20.1 Å². The summed E-state index contributed by atoms with van der Waals surface area (Å²) in [5.74, 6) is 0.722. The lowest BCUT2D eigenvalue weighted by Crippen LogP contribution is -2.32. The van der Waals surface area contributed by atoms with Crippen molar-refractivity contribution in [1.82, 2.24) is 15.5 Å². The molecular weight excluding hydrogens is 326 g/mol. The van der Waals surface area contributed by atoms with Crippen LogP contribution in [0.3, 0.4) is 0 Å². The minimum Gasteiger partial charge on any atom is -0.454 e. The third-order valence-corrected chi connectivity index (χ3v) is 3.99. The first-order valence-corrected chi connectivity index (χ1v) is 7.96. The molecule has 2 aliphatic rings. The van der Waals surface area contributed by atoms with Crippen LogP contribution in [-0.2, 0) is 16.1 Å². The summed E-state index contributed by atoms with van der Waals surface area (Å²) in [6.45, 7) is 4.19. The summed E-state index contributed by atoms with van der Waals surface area (Å²) in [7, 11) is 0. The van der Waals surface area contributed by atoms with Crippen LogP contribution in [0.5, 0.6) is 11.5 Å². The minimum absolute atomic E-state index is 0.139. The Hall–Kier alpha value is -3.03. The van der Waals surface area contributed by atoms with Gasteiger partial charge in [-0.2, -0.15) is 0 Å². The Balaban J connectivity index is 1.58. The van der Waals surface area contributed by atoms with Gasteiger partial charge in [0.2, 0.25) is 12.7 Å². The van der Waals surface area contributed by atoms with Gasteiger partial charge in [0.1, 0.15) is 6.04 Å². The van der Waals surface area contributed by atoms with Crippen molar-refractivity contribution in [3.05, 3.63) is 36.4 Å². The second-order valence-corrected chi connectivity index (χ2v) is 5.75. The zero-order chi connectivity index (χ0) is 17.8. The van der Waals surface area contributed by atoms with Crippen LogP contribution in [0.2, 0.25) is 0 Å². The molecule has 0 aliphatic carbocycles. The molecule has 2 heterocycles. The Morgan fingerprint density at radius 2 is 2.16 bits per heavy atom. The summed E-state index contributed by atoms with van der Waals surface area (Å²) in [6, 6.07) is 4.14. The number of nitrogens with zero attached hydrogens (tertiary/aromatic N) is 1. The van der Waals surface area contributed by atoms with E-state index in [4.69, 9.17) is 9.47 Å². The fourth-order valence-corrected chi connectivity index (χ4v) is 2.69. The Morgan fingerprint density at radius 1 is 1.36 bits per heavy atom. The first-order chi connectivity index (χ1) is 12.1. The molecule has 0 unspecified atom stereocenters. The topological polar surface area (TPSA) is 97.0 Å². The van der Waals surface area contributed by atoms with Gasteiger partial charge in [0.15, 0.2) is 11.5 Å². The zero-order valence-corrected chi connectivity index (χ0v) is 13.6. The van der Waals surface area contributed by atoms with E-state index in [-0.39, 0.29) is 38.0 Å². The fraction of sp³-hybridized carbons (Fsp3) is 0.353. The molecular formula is C17H19N3O5. The quantitative estimate of drug-likeness (QED) is 0.566. The average Bonchev–Trinajstić information content (AvgIpc) is 3.17. The smallest absolute Gasteiger partial charge is 0.325 e. The molecule has 0 spiro atoms. The summed E-state index contributed by atoms with van der Waals surface area (Å²) in [6.07, 6.45) is 1.99. The highest BCUT2D eigenvalue weighted by atomic mass is 16.7. The van der Waals surface area contributed by atoms with Crippen LogP contribution in [0.4, 0.5) is 4.79 Å². The molecule has 2 N–H and O–H groups in total. The minimum atomic E-state index is -0.684. The van der Waals surface area contributed by atoms with Crippen LogP contribution in [0.1, 0.15) is 18.4 Å². The molecule has 132 valence electrons. The largest absolute Gasteiger partial charge is 0.454 e. The summed E-state index contributed by atoms with van der Waals surface area (Å²) in [5.41, 5.74) is 0.761. The molecule has 4 amide bonds. The number of hydrogen-bond donors (Lipinski definition) is 2. The van der Waals surface area contributed by atoms with E-state index in [9.17, 15) is 14.4 Å². The highest BCUT2D eigenvalue weighted by Crippen LogP contribution is 2.33. The van der Waals surface area contributed by atoms with E-state index in [1.165, 1.54) is 0 Å². The number of imide groups is 1. The molecule has 1 aromatic carbocycles. The van der Waals surface area contributed by atoms with Crippen molar-refractivity contribution in [2.75, 3.05) is 13.3 Å². The van der Waals surface area contributed by atoms with Crippen molar-refractivity contribution >= 4 is 17.8 Å². The van der Waals surface area contributed by atoms with Gasteiger partial charge in [-0.3, -0.25) is 14.5 Å². The van der Waals surface area contributed by atoms with E-state index in [1.807, 2.05) is 0 Å². The number of urea groups is 1. The number of fused-ring (bicyclic) bond motifs is 1. The molecule has 0 bridgehead atoms. The van der Waals surface area contributed by atoms with Gasteiger partial charge >= 0.3 is 6.03 Å². The third kappa shape index (κ3) is 3.73. The molecule has 1 saturated heterocycles. The van der Waals surface area contributed by atoms with Crippen molar-refractivity contribution < 1.29 is 23.9 Å². The maximum atomic E-state index is 12.4. The van der Waals surface area contributed by atoms with Crippen LogP contribution in [0.15, 0.2) is 30.9 Å². The normalized spacial score (nSPS) is 18.2. The van der Waals surface area contributed by atoms with E-state index in [0.29, 0.717) is 18.0 Å². The summed E-state index contributed by atoms with van der Waals surface area (Å²) >= 11 is 0. The Kier molecular flexibility index (Phi) is 4.87. The number of rotatable bonds is 7. The van der Waals surface area contributed by atoms with Crippen molar-refractivity contribution in [3.63, 3.8) is 0 Å². The summed E-state index contributed by atoms with van der Waals surface area (Å²) in [4.78, 5) is 37.2. The molecule has 0 aromatic heterocycles. The molecule has 0 radical (unpaired) electrons. The maximum absolute atomic E-state index is 12.4. The second-order valence-electron chi connectivity index (χ2n) is 5.75. The van der Waals surface area contributed by atoms with Gasteiger partial charge in [0.25, 0.3) is 5.91 Å². The molecule has 1 fully saturated rings. The molecule has 8 heteroatoms. The number of carbonyl (C=O) groups is 3. The number of amides is 4. The molecule has 2 aliphatic heterocycles. The lowest BCUT2D eigenvalue weighted by atomic mass is 10.1. The van der Waals surface area contributed by atoms with E-state index in [2.05, 4.69) is 17.2 Å². The van der Waals surface area contributed by atoms with Gasteiger partial charge in [-0.15, -0.1) is 6.58 Å². The SMILES string of the molecule is C=CCNC(=O)CC[C@@H]1NC(=O)N(Cc2ccc3c(c2)OCO3)C1=O. The number of benzene rings is 1. The second kappa shape index (κ2) is 7.25. The molecule has 1 atom stereocenters. The van der Waals surface area contributed by atoms with Crippen molar-refractivity contribution in [3.8, 4) is 11.5 Å². The van der Waals surface area contributed by atoms with Gasteiger partial charge < -0.3 is 20.1 Å². The Bertz CT molecular complexity index is 718.